The maximum absolute atomic E-state index is 12.8. The van der Waals surface area contributed by atoms with Crippen LogP contribution in [0.5, 0.6) is 5.75 Å². The van der Waals surface area contributed by atoms with Crippen LogP contribution in [0.1, 0.15) is 31.9 Å². The zero-order chi connectivity index (χ0) is 21.9. The lowest BCUT2D eigenvalue weighted by Crippen LogP contribution is -2.65. The van der Waals surface area contributed by atoms with E-state index in [9.17, 15) is 22.8 Å². The highest BCUT2D eigenvalue weighted by molar-refractivity contribution is 6.32. The SMILES string of the molecule is CC(C)[C@@H](NC(=O)C1CC(=O)NC(N(C)C)N1)c1ccc(OC(F)(F)F)c(Cl)c1. The third-order valence-electron chi connectivity index (χ3n) is 4.38. The van der Waals surface area contributed by atoms with Crippen LogP contribution in [0.25, 0.3) is 0 Å². The number of amides is 2. The van der Waals surface area contributed by atoms with Crippen LogP contribution in [0.3, 0.4) is 0 Å². The predicted octanol–water partition coefficient (Wildman–Crippen LogP) is 2.38. The van der Waals surface area contributed by atoms with Crippen molar-refractivity contribution in [2.75, 3.05) is 14.1 Å². The number of hydrogen-bond acceptors (Lipinski definition) is 5. The summed E-state index contributed by atoms with van der Waals surface area (Å²) in [6, 6.07) is 2.59. The molecule has 1 aromatic rings. The largest absolute Gasteiger partial charge is 0.573 e. The first-order chi connectivity index (χ1) is 13.4. The first-order valence-electron chi connectivity index (χ1n) is 8.94. The van der Waals surface area contributed by atoms with E-state index >= 15 is 0 Å². The number of carbonyl (C=O) groups excluding carboxylic acids is 2. The van der Waals surface area contributed by atoms with Crippen molar-refractivity contribution in [3.63, 3.8) is 0 Å². The van der Waals surface area contributed by atoms with Crippen LogP contribution in [0, 0.1) is 5.92 Å². The molecule has 29 heavy (non-hydrogen) atoms. The number of carbonyl (C=O) groups is 2. The van der Waals surface area contributed by atoms with Crippen molar-refractivity contribution in [3.8, 4) is 5.75 Å². The molecule has 1 aliphatic rings. The maximum atomic E-state index is 12.8. The summed E-state index contributed by atoms with van der Waals surface area (Å²) < 4.78 is 41.1. The van der Waals surface area contributed by atoms with Crippen LogP contribution >= 0.6 is 11.6 Å². The molecule has 0 saturated carbocycles. The van der Waals surface area contributed by atoms with Gasteiger partial charge in [-0.25, -0.2) is 0 Å². The lowest BCUT2D eigenvalue weighted by molar-refractivity contribution is -0.274. The minimum absolute atomic E-state index is 0.0277. The normalized spacial score (nSPS) is 21.1. The highest BCUT2D eigenvalue weighted by Gasteiger charge is 2.34. The summed E-state index contributed by atoms with van der Waals surface area (Å²) in [5.74, 6) is -1.26. The second-order valence-electron chi connectivity index (χ2n) is 7.32. The summed E-state index contributed by atoms with van der Waals surface area (Å²) >= 11 is 5.93. The molecule has 11 heteroatoms. The summed E-state index contributed by atoms with van der Waals surface area (Å²) in [7, 11) is 3.50. The van der Waals surface area contributed by atoms with E-state index in [1.54, 1.807) is 19.0 Å². The molecule has 2 unspecified atom stereocenters. The van der Waals surface area contributed by atoms with Gasteiger partial charge in [0.2, 0.25) is 11.8 Å². The van der Waals surface area contributed by atoms with Gasteiger partial charge in [0.25, 0.3) is 0 Å². The summed E-state index contributed by atoms with van der Waals surface area (Å²) in [5.41, 5.74) is 0.525. The van der Waals surface area contributed by atoms with Crippen molar-refractivity contribution in [2.24, 2.45) is 5.92 Å². The Hall–Kier alpha value is -2.04. The molecule has 1 heterocycles. The average Bonchev–Trinajstić information content (AvgIpc) is 2.59. The van der Waals surface area contributed by atoms with Gasteiger partial charge in [0.15, 0.2) is 0 Å². The summed E-state index contributed by atoms with van der Waals surface area (Å²) in [6.07, 6.45) is -5.37. The van der Waals surface area contributed by atoms with Crippen LogP contribution in [-0.4, -0.2) is 49.5 Å². The Morgan fingerprint density at radius 3 is 2.52 bits per heavy atom. The third kappa shape index (κ3) is 6.48. The van der Waals surface area contributed by atoms with Gasteiger partial charge in [0, 0.05) is 0 Å². The molecule has 1 aliphatic heterocycles. The monoisotopic (exact) mass is 436 g/mol. The fourth-order valence-corrected chi connectivity index (χ4v) is 3.17. The number of benzene rings is 1. The van der Waals surface area contributed by atoms with Gasteiger partial charge in [-0.05, 0) is 37.7 Å². The molecule has 162 valence electrons. The first kappa shape index (κ1) is 23.2. The highest BCUT2D eigenvalue weighted by atomic mass is 35.5. The number of rotatable bonds is 6. The Bertz CT molecular complexity index is 758. The minimum Gasteiger partial charge on any atom is -0.404 e. The Labute approximate surface area is 171 Å². The van der Waals surface area contributed by atoms with E-state index in [1.807, 2.05) is 13.8 Å². The molecule has 0 aromatic heterocycles. The summed E-state index contributed by atoms with van der Waals surface area (Å²) in [4.78, 5) is 26.4. The molecule has 0 radical (unpaired) electrons. The first-order valence-corrected chi connectivity index (χ1v) is 9.32. The van der Waals surface area contributed by atoms with Crippen LogP contribution < -0.4 is 20.7 Å². The molecule has 1 aromatic carbocycles. The minimum atomic E-state index is -4.85. The fourth-order valence-electron chi connectivity index (χ4n) is 2.94. The number of alkyl halides is 3. The Kier molecular flexibility index (Phi) is 7.36. The maximum Gasteiger partial charge on any atom is 0.573 e. The molecular weight excluding hydrogens is 413 g/mol. The Balaban J connectivity index is 2.16. The van der Waals surface area contributed by atoms with Crippen molar-refractivity contribution < 1.29 is 27.5 Å². The zero-order valence-corrected chi connectivity index (χ0v) is 17.2. The second-order valence-corrected chi connectivity index (χ2v) is 7.73. The third-order valence-corrected chi connectivity index (χ3v) is 4.68. The fraction of sp³-hybridized carbons (Fsp3) is 0.556. The standard InChI is InChI=1S/C18H24ClF3N4O3/c1-9(2)15(10-5-6-13(11(19)7-10)29-18(20,21)22)25-16(28)12-8-14(27)24-17(23-12)26(3)4/h5-7,9,12,15,17,23H,8H2,1-4H3,(H,24,27)(H,25,28)/t12?,15-,17?/m1/s1. The number of nitrogens with zero attached hydrogens (tertiary/aromatic N) is 1. The number of hydrogen-bond donors (Lipinski definition) is 3. The van der Waals surface area contributed by atoms with E-state index in [0.717, 1.165) is 6.07 Å². The second kappa shape index (κ2) is 9.19. The summed E-state index contributed by atoms with van der Waals surface area (Å²) in [6.45, 7) is 3.70. The van der Waals surface area contributed by atoms with Crippen LogP contribution in [0.15, 0.2) is 18.2 Å². The van der Waals surface area contributed by atoms with Crippen molar-refractivity contribution in [1.82, 2.24) is 20.9 Å². The average molecular weight is 437 g/mol. The Morgan fingerprint density at radius 2 is 2.00 bits per heavy atom. The molecule has 2 amide bonds. The van der Waals surface area contributed by atoms with E-state index < -0.39 is 36.4 Å². The van der Waals surface area contributed by atoms with Crippen LogP contribution in [-0.2, 0) is 9.59 Å². The molecule has 7 nitrogen and oxygen atoms in total. The van der Waals surface area contributed by atoms with Gasteiger partial charge in [-0.1, -0.05) is 31.5 Å². The van der Waals surface area contributed by atoms with Gasteiger partial charge >= 0.3 is 6.36 Å². The van der Waals surface area contributed by atoms with E-state index in [4.69, 9.17) is 11.6 Å². The molecule has 0 spiro atoms. The quantitative estimate of drug-likeness (QED) is 0.638. The topological polar surface area (TPSA) is 82.7 Å². The number of nitrogens with one attached hydrogen (secondary N) is 3. The van der Waals surface area contributed by atoms with Crippen molar-refractivity contribution >= 4 is 23.4 Å². The highest BCUT2D eigenvalue weighted by Crippen LogP contribution is 2.33. The molecule has 0 bridgehead atoms. The molecule has 3 atom stereocenters. The molecule has 2 rings (SSSR count). The smallest absolute Gasteiger partial charge is 0.404 e. The van der Waals surface area contributed by atoms with Gasteiger partial charge in [-0.15, -0.1) is 13.2 Å². The van der Waals surface area contributed by atoms with Gasteiger partial charge in [-0.2, -0.15) is 0 Å². The molecular formula is C18H24ClF3N4O3. The lowest BCUT2D eigenvalue weighted by Gasteiger charge is -2.35. The Morgan fingerprint density at radius 1 is 1.34 bits per heavy atom. The molecule has 1 fully saturated rings. The van der Waals surface area contributed by atoms with Gasteiger partial charge in [0.1, 0.15) is 12.0 Å². The molecule has 0 aliphatic carbocycles. The predicted molar refractivity (Wildman–Crippen MR) is 101 cm³/mol. The van der Waals surface area contributed by atoms with Gasteiger partial charge < -0.3 is 15.4 Å². The van der Waals surface area contributed by atoms with Gasteiger partial charge in [-0.3, -0.25) is 19.8 Å². The van der Waals surface area contributed by atoms with Crippen molar-refractivity contribution in [3.05, 3.63) is 28.8 Å². The number of ether oxygens (including phenoxy) is 1. The lowest BCUT2D eigenvalue weighted by atomic mass is 9.95. The van der Waals surface area contributed by atoms with Gasteiger partial charge in [0.05, 0.1) is 23.5 Å². The van der Waals surface area contributed by atoms with E-state index in [1.165, 1.54) is 12.1 Å². The molecule has 3 N–H and O–H groups in total. The van der Waals surface area contributed by atoms with E-state index in [0.29, 0.717) is 5.56 Å². The van der Waals surface area contributed by atoms with Crippen LogP contribution in [0.4, 0.5) is 13.2 Å². The van der Waals surface area contributed by atoms with Crippen molar-refractivity contribution in [1.29, 1.82) is 0 Å². The molecule has 1 saturated heterocycles. The number of halogens is 4. The van der Waals surface area contributed by atoms with Crippen molar-refractivity contribution in [2.45, 2.75) is 45.0 Å². The summed E-state index contributed by atoms with van der Waals surface area (Å²) in [5, 5.41) is 8.39. The van der Waals surface area contributed by atoms with E-state index in [-0.39, 0.29) is 23.3 Å². The zero-order valence-electron chi connectivity index (χ0n) is 16.4. The van der Waals surface area contributed by atoms with E-state index in [2.05, 4.69) is 20.7 Å². The van der Waals surface area contributed by atoms with Crippen LogP contribution in [0.2, 0.25) is 5.02 Å².